The molecule has 0 radical (unpaired) electrons. The van der Waals surface area contributed by atoms with Crippen LogP contribution in [0.3, 0.4) is 0 Å². The third-order valence-corrected chi connectivity index (χ3v) is 3.02. The zero-order valence-electron chi connectivity index (χ0n) is 8.77. The summed E-state index contributed by atoms with van der Waals surface area (Å²) in [6.07, 6.45) is 3.19. The average molecular weight is 266 g/mol. The van der Waals surface area contributed by atoms with Crippen molar-refractivity contribution in [3.05, 3.63) is 63.9 Å². The van der Waals surface area contributed by atoms with Crippen molar-refractivity contribution in [1.29, 1.82) is 0 Å². The third kappa shape index (κ3) is 2.78. The van der Waals surface area contributed by atoms with Gasteiger partial charge in [0.2, 0.25) is 0 Å². The van der Waals surface area contributed by atoms with Crippen molar-refractivity contribution in [3.8, 4) is 0 Å². The minimum absolute atomic E-state index is 0.0381. The molecule has 0 aliphatic carbocycles. The fourth-order valence-corrected chi connectivity index (χ4v) is 1.78. The molecule has 1 aromatic heterocycles. The molecule has 4 heteroatoms. The van der Waals surface area contributed by atoms with Gasteiger partial charge in [-0.2, -0.15) is 0 Å². The Morgan fingerprint density at radius 1 is 1.12 bits per heavy atom. The number of aliphatic hydroxyl groups excluding tert-OH is 1. The molecule has 2 nitrogen and oxygen atoms in total. The molecule has 0 saturated carbocycles. The third-order valence-electron chi connectivity index (χ3n) is 2.20. The number of pyridine rings is 1. The average Bonchev–Trinajstić information content (AvgIpc) is 2.34. The van der Waals surface area contributed by atoms with Gasteiger partial charge in [0.1, 0.15) is 5.76 Å². The van der Waals surface area contributed by atoms with E-state index in [1.165, 1.54) is 6.08 Å². The molecule has 0 amide bonds. The van der Waals surface area contributed by atoms with Crippen LogP contribution in [0.1, 0.15) is 11.3 Å². The van der Waals surface area contributed by atoms with Crippen LogP contribution in [0.5, 0.6) is 0 Å². The molecule has 0 fully saturated rings. The smallest absolute Gasteiger partial charge is 0.126 e. The molecule has 0 unspecified atom stereocenters. The lowest BCUT2D eigenvalue weighted by Crippen LogP contribution is -1.87. The van der Waals surface area contributed by atoms with Gasteiger partial charge in [-0.05, 0) is 24.3 Å². The molecule has 0 aliphatic heterocycles. The van der Waals surface area contributed by atoms with Crippen molar-refractivity contribution >= 4 is 35.0 Å². The molecule has 0 saturated heterocycles. The minimum atomic E-state index is 0.0381. The summed E-state index contributed by atoms with van der Waals surface area (Å²) >= 11 is 11.9. The summed E-state index contributed by atoms with van der Waals surface area (Å²) in [6, 6.07) is 10.5. The largest absolute Gasteiger partial charge is 0.507 e. The highest BCUT2D eigenvalue weighted by atomic mass is 35.5. The monoisotopic (exact) mass is 265 g/mol. The van der Waals surface area contributed by atoms with E-state index in [9.17, 15) is 5.11 Å². The second kappa shape index (κ2) is 5.21. The van der Waals surface area contributed by atoms with Gasteiger partial charge in [0.25, 0.3) is 0 Å². The molecule has 17 heavy (non-hydrogen) atoms. The standard InChI is InChI=1S/C13H9Cl2NO/c14-11-6-3-5-10(13(11)15)12(17)8-9-4-1-2-7-16-9/h1-8,17H/b12-8+. The normalized spacial score (nSPS) is 11.5. The first-order valence-electron chi connectivity index (χ1n) is 4.94. The molecule has 0 aliphatic rings. The summed E-state index contributed by atoms with van der Waals surface area (Å²) in [5, 5.41) is 10.7. The Bertz CT molecular complexity index is 553. The van der Waals surface area contributed by atoms with Crippen molar-refractivity contribution in [1.82, 2.24) is 4.98 Å². The highest BCUT2D eigenvalue weighted by molar-refractivity contribution is 6.43. The van der Waals surface area contributed by atoms with Crippen LogP contribution >= 0.6 is 23.2 Å². The van der Waals surface area contributed by atoms with E-state index < -0.39 is 0 Å². The fraction of sp³-hybridized carbons (Fsp3) is 0. The minimum Gasteiger partial charge on any atom is -0.507 e. The summed E-state index contributed by atoms with van der Waals surface area (Å²) in [4.78, 5) is 4.08. The summed E-state index contributed by atoms with van der Waals surface area (Å²) < 4.78 is 0. The Balaban J connectivity index is 2.41. The lowest BCUT2D eigenvalue weighted by molar-refractivity contribution is 0.515. The first-order valence-corrected chi connectivity index (χ1v) is 5.70. The SMILES string of the molecule is O/C(=C/c1ccccn1)c1cccc(Cl)c1Cl. The fourth-order valence-electron chi connectivity index (χ4n) is 1.38. The van der Waals surface area contributed by atoms with Crippen molar-refractivity contribution in [2.24, 2.45) is 0 Å². The predicted molar refractivity (Wildman–Crippen MR) is 71.2 cm³/mol. The van der Waals surface area contributed by atoms with Gasteiger partial charge in [0.15, 0.2) is 0 Å². The van der Waals surface area contributed by atoms with Crippen LogP contribution in [0.4, 0.5) is 0 Å². The number of aromatic nitrogens is 1. The number of nitrogens with zero attached hydrogens (tertiary/aromatic N) is 1. The van der Waals surface area contributed by atoms with Gasteiger partial charge >= 0.3 is 0 Å². The Kier molecular flexibility index (Phi) is 3.67. The van der Waals surface area contributed by atoms with Gasteiger partial charge in [0, 0.05) is 17.8 Å². The number of hydrogen-bond acceptors (Lipinski definition) is 2. The number of aliphatic hydroxyl groups is 1. The number of benzene rings is 1. The molecular formula is C13H9Cl2NO. The van der Waals surface area contributed by atoms with Crippen LogP contribution in [0.2, 0.25) is 10.0 Å². The number of halogens is 2. The van der Waals surface area contributed by atoms with Crippen molar-refractivity contribution in [2.45, 2.75) is 0 Å². The van der Waals surface area contributed by atoms with Gasteiger partial charge in [-0.15, -0.1) is 0 Å². The second-order valence-corrected chi connectivity index (χ2v) is 4.17. The van der Waals surface area contributed by atoms with Gasteiger partial charge in [0.05, 0.1) is 15.7 Å². The Labute approximate surface area is 109 Å². The Morgan fingerprint density at radius 2 is 1.94 bits per heavy atom. The maximum absolute atomic E-state index is 9.96. The van der Waals surface area contributed by atoms with Gasteiger partial charge in [-0.3, -0.25) is 4.98 Å². The van der Waals surface area contributed by atoms with Gasteiger partial charge in [-0.25, -0.2) is 0 Å². The summed E-state index contributed by atoms with van der Waals surface area (Å²) in [6.45, 7) is 0. The van der Waals surface area contributed by atoms with Crippen molar-refractivity contribution in [3.63, 3.8) is 0 Å². The number of hydrogen-bond donors (Lipinski definition) is 1. The summed E-state index contributed by atoms with van der Waals surface area (Å²) in [5.41, 5.74) is 1.14. The van der Waals surface area contributed by atoms with Crippen molar-refractivity contribution in [2.75, 3.05) is 0 Å². The topological polar surface area (TPSA) is 33.1 Å². The van der Waals surface area contributed by atoms with E-state index in [2.05, 4.69) is 4.98 Å². The first-order chi connectivity index (χ1) is 8.18. The quantitative estimate of drug-likeness (QED) is 0.815. The second-order valence-electron chi connectivity index (χ2n) is 3.39. The highest BCUT2D eigenvalue weighted by Gasteiger charge is 2.08. The van der Waals surface area contributed by atoms with Crippen LogP contribution in [-0.4, -0.2) is 10.1 Å². The molecule has 2 rings (SSSR count). The maximum atomic E-state index is 9.96. The van der Waals surface area contributed by atoms with Gasteiger partial charge < -0.3 is 5.11 Å². The van der Waals surface area contributed by atoms with Crippen molar-refractivity contribution < 1.29 is 5.11 Å². The lowest BCUT2D eigenvalue weighted by atomic mass is 10.1. The Morgan fingerprint density at radius 3 is 2.65 bits per heavy atom. The van der Waals surface area contributed by atoms with E-state index in [-0.39, 0.29) is 5.76 Å². The molecule has 2 aromatic rings. The molecule has 0 atom stereocenters. The maximum Gasteiger partial charge on any atom is 0.126 e. The predicted octanol–water partition coefficient (Wildman–Crippen LogP) is 4.44. The first kappa shape index (κ1) is 12.0. The Hall–Kier alpha value is -1.51. The summed E-state index contributed by atoms with van der Waals surface area (Å²) in [7, 11) is 0. The van der Waals surface area contributed by atoms with E-state index >= 15 is 0 Å². The molecule has 1 heterocycles. The molecule has 0 spiro atoms. The van der Waals surface area contributed by atoms with Gasteiger partial charge in [-0.1, -0.05) is 35.3 Å². The van der Waals surface area contributed by atoms with E-state index in [0.717, 1.165) is 0 Å². The van der Waals surface area contributed by atoms with E-state index in [1.807, 2.05) is 6.07 Å². The lowest BCUT2D eigenvalue weighted by Gasteiger charge is -2.04. The van der Waals surface area contributed by atoms with Crippen LogP contribution in [0, 0.1) is 0 Å². The van der Waals surface area contributed by atoms with E-state index in [4.69, 9.17) is 23.2 Å². The molecule has 0 bridgehead atoms. The zero-order chi connectivity index (χ0) is 12.3. The number of rotatable bonds is 2. The van der Waals surface area contributed by atoms with Crippen LogP contribution in [-0.2, 0) is 0 Å². The molecule has 1 N–H and O–H groups in total. The van der Waals surface area contributed by atoms with E-state index in [1.54, 1.807) is 36.5 Å². The highest BCUT2D eigenvalue weighted by Crippen LogP contribution is 2.30. The molecule has 86 valence electrons. The molecule has 1 aromatic carbocycles. The van der Waals surface area contributed by atoms with Crippen LogP contribution in [0.15, 0.2) is 42.6 Å². The van der Waals surface area contributed by atoms with Crippen LogP contribution < -0.4 is 0 Å². The zero-order valence-corrected chi connectivity index (χ0v) is 10.3. The molecular weight excluding hydrogens is 257 g/mol. The van der Waals surface area contributed by atoms with Crippen LogP contribution in [0.25, 0.3) is 11.8 Å². The van der Waals surface area contributed by atoms with E-state index in [0.29, 0.717) is 21.3 Å². The summed E-state index contributed by atoms with van der Waals surface area (Å²) in [5.74, 6) is 0.0381.